The molecule has 0 radical (unpaired) electrons. The van der Waals surface area contributed by atoms with Crippen LogP contribution in [0.25, 0.3) is 0 Å². The second kappa shape index (κ2) is 4.12. The molecule has 1 saturated heterocycles. The highest BCUT2D eigenvalue weighted by Crippen LogP contribution is 2.51. The van der Waals surface area contributed by atoms with Gasteiger partial charge in [-0.25, -0.2) is 4.90 Å². The van der Waals surface area contributed by atoms with Crippen molar-refractivity contribution in [1.82, 2.24) is 0 Å². The minimum atomic E-state index is -0.179. The molecule has 5 nitrogen and oxygen atoms in total. The number of nitrogens with zero attached hydrogens (tertiary/aromatic N) is 1. The summed E-state index contributed by atoms with van der Waals surface area (Å²) in [6.07, 6.45) is 6.28. The maximum absolute atomic E-state index is 12.8. The molecule has 1 saturated carbocycles. The van der Waals surface area contributed by atoms with Gasteiger partial charge in [-0.15, -0.1) is 0 Å². The summed E-state index contributed by atoms with van der Waals surface area (Å²) < 4.78 is 10.6. The summed E-state index contributed by atoms with van der Waals surface area (Å²) >= 11 is 0. The molecule has 5 heteroatoms. The average Bonchev–Trinajstić information content (AvgIpc) is 3.12. The van der Waals surface area contributed by atoms with Gasteiger partial charge in [0, 0.05) is 6.07 Å². The van der Waals surface area contributed by atoms with Gasteiger partial charge in [0.05, 0.1) is 17.5 Å². The Balaban J connectivity index is 1.56. The number of amides is 2. The molecule has 4 atom stereocenters. The van der Waals surface area contributed by atoms with Crippen molar-refractivity contribution in [2.24, 2.45) is 23.7 Å². The molecule has 2 fully saturated rings. The number of hydrogen-bond acceptors (Lipinski definition) is 4. The summed E-state index contributed by atoms with van der Waals surface area (Å²) in [5, 5.41) is 0. The summed E-state index contributed by atoms with van der Waals surface area (Å²) in [6.45, 7) is 0.181. The fraction of sp³-hybridized carbons (Fsp3) is 0.412. The zero-order chi connectivity index (χ0) is 14.8. The van der Waals surface area contributed by atoms with Crippen LogP contribution in [0.3, 0.4) is 0 Å². The summed E-state index contributed by atoms with van der Waals surface area (Å²) in [5.74, 6) is 1.19. The van der Waals surface area contributed by atoms with E-state index < -0.39 is 0 Å². The lowest BCUT2D eigenvalue weighted by atomic mass is 9.63. The summed E-state index contributed by atoms with van der Waals surface area (Å²) in [4.78, 5) is 27.0. The molecule has 6 rings (SSSR count). The van der Waals surface area contributed by atoms with Crippen molar-refractivity contribution in [1.29, 1.82) is 0 Å². The molecule has 1 aromatic carbocycles. The maximum atomic E-state index is 12.8. The Kier molecular flexibility index (Phi) is 2.30. The fourth-order valence-corrected chi connectivity index (χ4v) is 4.35. The molecule has 1 aromatic rings. The first kappa shape index (κ1) is 12.3. The monoisotopic (exact) mass is 297 g/mol. The van der Waals surface area contributed by atoms with Crippen molar-refractivity contribution >= 4 is 17.5 Å². The average molecular weight is 297 g/mol. The molecule has 3 aliphatic carbocycles. The van der Waals surface area contributed by atoms with Gasteiger partial charge in [-0.3, -0.25) is 9.59 Å². The lowest BCUT2D eigenvalue weighted by Gasteiger charge is -2.38. The molecular weight excluding hydrogens is 282 g/mol. The van der Waals surface area contributed by atoms with E-state index in [2.05, 4.69) is 12.2 Å². The van der Waals surface area contributed by atoms with Gasteiger partial charge >= 0.3 is 0 Å². The van der Waals surface area contributed by atoms with Crippen LogP contribution in [-0.4, -0.2) is 18.6 Å². The van der Waals surface area contributed by atoms with Gasteiger partial charge in [0.2, 0.25) is 18.6 Å². The van der Waals surface area contributed by atoms with Crippen LogP contribution in [0.1, 0.15) is 12.8 Å². The molecule has 5 aliphatic rings. The van der Waals surface area contributed by atoms with E-state index in [0.717, 1.165) is 12.8 Å². The van der Waals surface area contributed by atoms with Gasteiger partial charge in [0.15, 0.2) is 11.5 Å². The Labute approximate surface area is 127 Å². The quantitative estimate of drug-likeness (QED) is 0.588. The summed E-state index contributed by atoms with van der Waals surface area (Å²) in [7, 11) is 0. The Morgan fingerprint density at radius 1 is 0.909 bits per heavy atom. The van der Waals surface area contributed by atoms with Crippen molar-refractivity contribution in [2.75, 3.05) is 11.7 Å². The van der Waals surface area contributed by atoms with Crippen LogP contribution in [0.5, 0.6) is 11.5 Å². The molecule has 2 bridgehead atoms. The molecule has 2 heterocycles. The first-order valence-electron chi connectivity index (χ1n) is 7.70. The van der Waals surface area contributed by atoms with E-state index in [1.807, 2.05) is 0 Å². The standard InChI is InChI=1S/C17H15NO4/c19-16-14-9-1-2-10(4-3-9)15(14)17(20)18(16)11-5-6-12-13(7-11)22-8-21-12/h1-2,5-7,9-10,14-15H,3-4,8H2/t9-,10-,14+,15+/m1/s1. The number of carbonyl (C=O) groups is 2. The van der Waals surface area contributed by atoms with Crippen LogP contribution in [0.15, 0.2) is 30.4 Å². The highest BCUT2D eigenvalue weighted by atomic mass is 16.7. The highest BCUT2D eigenvalue weighted by molar-refractivity contribution is 6.22. The number of anilines is 1. The number of imide groups is 1. The molecule has 0 N–H and O–H groups in total. The topological polar surface area (TPSA) is 55.8 Å². The van der Waals surface area contributed by atoms with Gasteiger partial charge in [0.25, 0.3) is 0 Å². The van der Waals surface area contributed by atoms with Crippen molar-refractivity contribution in [2.45, 2.75) is 12.8 Å². The van der Waals surface area contributed by atoms with E-state index in [4.69, 9.17) is 9.47 Å². The summed E-state index contributed by atoms with van der Waals surface area (Å²) in [6, 6.07) is 5.24. The predicted octanol–water partition coefficient (Wildman–Crippen LogP) is 2.12. The van der Waals surface area contributed by atoms with E-state index in [1.54, 1.807) is 18.2 Å². The van der Waals surface area contributed by atoms with E-state index in [0.29, 0.717) is 17.2 Å². The van der Waals surface area contributed by atoms with Crippen molar-refractivity contribution in [3.8, 4) is 11.5 Å². The van der Waals surface area contributed by atoms with E-state index >= 15 is 0 Å². The van der Waals surface area contributed by atoms with Crippen LogP contribution < -0.4 is 14.4 Å². The SMILES string of the molecule is O=C1[C@@H]2[C@@H](C(=O)N1c1ccc3c(c1)OCO3)[C@@H]1C=C[C@@H]2CC1. The van der Waals surface area contributed by atoms with E-state index in [1.165, 1.54) is 4.90 Å². The number of fused-ring (bicyclic) bond motifs is 2. The molecule has 2 aliphatic heterocycles. The number of allylic oxidation sites excluding steroid dienone is 2. The molecule has 22 heavy (non-hydrogen) atoms. The Hall–Kier alpha value is -2.30. The van der Waals surface area contributed by atoms with Crippen LogP contribution in [0.2, 0.25) is 0 Å². The largest absolute Gasteiger partial charge is 0.454 e. The third-order valence-electron chi connectivity index (χ3n) is 5.37. The molecule has 112 valence electrons. The minimum absolute atomic E-state index is 0.0621. The zero-order valence-electron chi connectivity index (χ0n) is 11.9. The maximum Gasteiger partial charge on any atom is 0.238 e. The van der Waals surface area contributed by atoms with Crippen LogP contribution in [0.4, 0.5) is 5.69 Å². The third kappa shape index (κ3) is 1.43. The molecule has 0 unspecified atom stereocenters. The van der Waals surface area contributed by atoms with Crippen molar-refractivity contribution in [3.05, 3.63) is 30.4 Å². The first-order chi connectivity index (χ1) is 10.7. The Morgan fingerprint density at radius 3 is 2.18 bits per heavy atom. The summed E-state index contributed by atoms with van der Waals surface area (Å²) in [5.41, 5.74) is 0.591. The predicted molar refractivity (Wildman–Crippen MR) is 77.4 cm³/mol. The normalized spacial score (nSPS) is 34.5. The van der Waals surface area contributed by atoms with Crippen molar-refractivity contribution < 1.29 is 19.1 Å². The lowest BCUT2D eigenvalue weighted by Crippen LogP contribution is -2.38. The second-order valence-corrected chi connectivity index (χ2v) is 6.39. The number of benzene rings is 1. The molecule has 0 aromatic heterocycles. The molecule has 0 spiro atoms. The van der Waals surface area contributed by atoms with Gasteiger partial charge in [0.1, 0.15) is 0 Å². The lowest BCUT2D eigenvalue weighted by molar-refractivity contribution is -0.124. The third-order valence-corrected chi connectivity index (χ3v) is 5.37. The van der Waals surface area contributed by atoms with Crippen LogP contribution >= 0.6 is 0 Å². The van der Waals surface area contributed by atoms with E-state index in [9.17, 15) is 9.59 Å². The molecular formula is C17H15NO4. The van der Waals surface area contributed by atoms with Crippen LogP contribution in [-0.2, 0) is 9.59 Å². The van der Waals surface area contributed by atoms with Gasteiger partial charge in [-0.2, -0.15) is 0 Å². The van der Waals surface area contributed by atoms with Crippen LogP contribution in [0, 0.1) is 23.7 Å². The zero-order valence-corrected chi connectivity index (χ0v) is 11.9. The number of carbonyl (C=O) groups excluding carboxylic acids is 2. The first-order valence-corrected chi connectivity index (χ1v) is 7.70. The minimum Gasteiger partial charge on any atom is -0.454 e. The van der Waals surface area contributed by atoms with Crippen molar-refractivity contribution in [3.63, 3.8) is 0 Å². The number of hydrogen-bond donors (Lipinski definition) is 0. The van der Waals surface area contributed by atoms with Gasteiger partial charge < -0.3 is 9.47 Å². The van der Waals surface area contributed by atoms with Gasteiger partial charge in [-0.05, 0) is 36.8 Å². The number of rotatable bonds is 1. The second-order valence-electron chi connectivity index (χ2n) is 6.39. The smallest absolute Gasteiger partial charge is 0.238 e. The van der Waals surface area contributed by atoms with Gasteiger partial charge in [-0.1, -0.05) is 12.2 Å². The fourth-order valence-electron chi connectivity index (χ4n) is 4.35. The molecule has 2 amide bonds. The Morgan fingerprint density at radius 2 is 1.55 bits per heavy atom. The van der Waals surface area contributed by atoms with E-state index in [-0.39, 0.29) is 42.3 Å². The highest BCUT2D eigenvalue weighted by Gasteiger charge is 2.56. The Bertz CT molecular complexity index is 693. The number of ether oxygens (including phenoxy) is 2.